The molecule has 3 aromatic heterocycles. The average molecular weight is 433 g/mol. The monoisotopic (exact) mass is 432 g/mol. The molecule has 6 nitrogen and oxygen atoms in total. The van der Waals surface area contributed by atoms with Gasteiger partial charge in [0, 0.05) is 30.8 Å². The number of quaternary nitrogens is 1. The number of hydrogen-bond acceptors (Lipinski definition) is 4. The number of hydroxylamine groups is 3. The first-order valence-electron chi connectivity index (χ1n) is 11.1. The van der Waals surface area contributed by atoms with Crippen molar-refractivity contribution in [3.63, 3.8) is 0 Å². The van der Waals surface area contributed by atoms with Crippen molar-refractivity contribution >= 4 is 5.65 Å². The largest absolute Gasteiger partial charge is 0.298 e. The molecule has 0 spiro atoms. The van der Waals surface area contributed by atoms with Gasteiger partial charge < -0.3 is 0 Å². The number of hydrogen-bond donors (Lipinski definition) is 1. The fraction of sp³-hybridized carbons (Fsp3) is 0.320. The average Bonchev–Trinajstić information content (AvgIpc) is 3.19. The van der Waals surface area contributed by atoms with Crippen LogP contribution >= 0.6 is 0 Å². The molecule has 0 unspecified atom stereocenters. The molecule has 164 valence electrons. The third kappa shape index (κ3) is 3.78. The topological polar surface area (TPSA) is 63.3 Å². The predicted octanol–water partition coefficient (Wildman–Crippen LogP) is 5.01. The minimum Gasteiger partial charge on any atom is -0.298 e. The lowest BCUT2D eigenvalue weighted by molar-refractivity contribution is -1.10. The van der Waals surface area contributed by atoms with Crippen molar-refractivity contribution in [2.45, 2.75) is 32.6 Å². The Morgan fingerprint density at radius 3 is 2.53 bits per heavy atom. The van der Waals surface area contributed by atoms with Crippen LogP contribution in [0.3, 0.4) is 0 Å². The van der Waals surface area contributed by atoms with Gasteiger partial charge in [0.2, 0.25) is 0 Å². The lowest BCUT2D eigenvalue weighted by Gasteiger charge is -2.36. The minimum atomic E-state index is -0.276. The second-order valence-corrected chi connectivity index (χ2v) is 8.63. The molecule has 1 aliphatic heterocycles. The van der Waals surface area contributed by atoms with Crippen molar-refractivity contribution in [3.05, 3.63) is 72.1 Å². The number of rotatable bonds is 4. The van der Waals surface area contributed by atoms with Crippen LogP contribution < -0.4 is 0 Å². The summed E-state index contributed by atoms with van der Waals surface area (Å²) in [5.41, 5.74) is 5.32. The molecule has 1 N–H and O–H groups in total. The number of pyridine rings is 1. The fourth-order valence-corrected chi connectivity index (χ4v) is 4.65. The van der Waals surface area contributed by atoms with E-state index in [4.69, 9.17) is 4.98 Å². The van der Waals surface area contributed by atoms with Gasteiger partial charge in [-0.05, 0) is 67.8 Å². The molecule has 0 saturated carbocycles. The van der Waals surface area contributed by atoms with Gasteiger partial charge in [-0.25, -0.2) is 24.5 Å². The summed E-state index contributed by atoms with van der Waals surface area (Å²) in [5.74, 6) is 0.811. The van der Waals surface area contributed by atoms with Crippen molar-refractivity contribution in [2.24, 2.45) is 0 Å². The van der Waals surface area contributed by atoms with Crippen LogP contribution in [0.5, 0.6) is 0 Å². The zero-order valence-electron chi connectivity index (χ0n) is 18.4. The second-order valence-electron chi connectivity index (χ2n) is 8.63. The molecule has 1 aromatic carbocycles. The van der Waals surface area contributed by atoms with Crippen molar-refractivity contribution in [1.29, 1.82) is 0 Å². The van der Waals surface area contributed by atoms with E-state index < -0.39 is 0 Å². The standard InChI is InChI=1S/C25H27FN5O/c1-3-31(32)14-10-18(11-15-31)20-9-13-30-23(16-20)29-24(19-4-6-21(26)7-5-19)25(30)22-8-12-27-17(2)28-22/h4-9,12-13,16,18,32H,3,10-11,14-15H2,1-2H3/q+1. The summed E-state index contributed by atoms with van der Waals surface area (Å²) in [6, 6.07) is 12.6. The Bertz CT molecular complexity index is 1260. The summed E-state index contributed by atoms with van der Waals surface area (Å²) in [6.45, 7) is 6.18. The molecule has 7 heteroatoms. The molecule has 0 aliphatic carbocycles. The highest BCUT2D eigenvalue weighted by molar-refractivity contribution is 5.80. The van der Waals surface area contributed by atoms with Crippen LogP contribution in [0.25, 0.3) is 28.3 Å². The van der Waals surface area contributed by atoms with Crippen LogP contribution in [0.4, 0.5) is 4.39 Å². The van der Waals surface area contributed by atoms with Gasteiger partial charge in [0.1, 0.15) is 36.9 Å². The Kier molecular flexibility index (Phi) is 5.23. The molecule has 5 rings (SSSR count). The second kappa shape index (κ2) is 8.07. The highest BCUT2D eigenvalue weighted by Crippen LogP contribution is 2.35. The van der Waals surface area contributed by atoms with E-state index in [0.29, 0.717) is 11.7 Å². The number of likely N-dealkylation sites (tertiary alicyclic amines) is 1. The molecule has 0 amide bonds. The van der Waals surface area contributed by atoms with Crippen LogP contribution in [0.1, 0.15) is 37.1 Å². The smallest absolute Gasteiger partial charge is 0.138 e. The van der Waals surface area contributed by atoms with Gasteiger partial charge in [0.25, 0.3) is 0 Å². The molecular weight excluding hydrogens is 405 g/mol. The normalized spacial score (nSPS) is 21.2. The van der Waals surface area contributed by atoms with Crippen molar-refractivity contribution in [1.82, 2.24) is 19.4 Å². The first-order chi connectivity index (χ1) is 15.5. The molecule has 0 radical (unpaired) electrons. The number of nitrogens with zero attached hydrogens (tertiary/aromatic N) is 5. The molecule has 4 heterocycles. The van der Waals surface area contributed by atoms with Crippen LogP contribution in [0, 0.1) is 12.7 Å². The number of benzene rings is 1. The molecular formula is C25H27FN5O+. The molecule has 0 bridgehead atoms. The van der Waals surface area contributed by atoms with Gasteiger partial charge >= 0.3 is 0 Å². The summed E-state index contributed by atoms with van der Waals surface area (Å²) in [4.78, 5) is 13.8. The van der Waals surface area contributed by atoms with Gasteiger partial charge in [0.15, 0.2) is 0 Å². The summed E-state index contributed by atoms with van der Waals surface area (Å²) in [5, 5.41) is 10.5. The number of halogens is 1. The molecule has 1 aliphatic rings. The van der Waals surface area contributed by atoms with Crippen LogP contribution in [0.2, 0.25) is 0 Å². The van der Waals surface area contributed by atoms with E-state index in [1.165, 1.54) is 17.7 Å². The van der Waals surface area contributed by atoms with Crippen LogP contribution in [0.15, 0.2) is 54.9 Å². The van der Waals surface area contributed by atoms with Crippen LogP contribution in [-0.4, -0.2) is 48.8 Å². The molecule has 4 aromatic rings. The van der Waals surface area contributed by atoms with E-state index in [1.807, 2.05) is 30.5 Å². The van der Waals surface area contributed by atoms with Crippen LogP contribution in [-0.2, 0) is 0 Å². The molecule has 1 fully saturated rings. The Balaban J connectivity index is 1.60. The number of fused-ring (bicyclic) bond motifs is 1. The summed E-state index contributed by atoms with van der Waals surface area (Å²) < 4.78 is 15.8. The predicted molar refractivity (Wildman–Crippen MR) is 121 cm³/mol. The minimum absolute atomic E-state index is 0.161. The Hall–Kier alpha value is -3.16. The highest BCUT2D eigenvalue weighted by Gasteiger charge is 2.32. The first kappa shape index (κ1) is 20.7. The van der Waals surface area contributed by atoms with Gasteiger partial charge in [-0.15, -0.1) is 0 Å². The quantitative estimate of drug-likeness (QED) is 0.461. The summed E-state index contributed by atoms with van der Waals surface area (Å²) in [6.07, 6.45) is 5.69. The zero-order chi connectivity index (χ0) is 22.3. The lowest BCUT2D eigenvalue weighted by Crippen LogP contribution is -2.49. The Morgan fingerprint density at radius 1 is 1.09 bits per heavy atom. The van der Waals surface area contributed by atoms with E-state index in [-0.39, 0.29) is 10.5 Å². The molecule has 0 atom stereocenters. The number of imidazole rings is 1. The van der Waals surface area contributed by atoms with E-state index in [9.17, 15) is 9.60 Å². The Labute approximate surface area is 186 Å². The fourth-order valence-electron chi connectivity index (χ4n) is 4.65. The number of aryl methyl sites for hydroxylation is 1. The van der Waals surface area contributed by atoms with Crippen molar-refractivity contribution in [3.8, 4) is 22.6 Å². The third-order valence-electron chi connectivity index (χ3n) is 6.63. The summed E-state index contributed by atoms with van der Waals surface area (Å²) >= 11 is 0. The van der Waals surface area contributed by atoms with Gasteiger partial charge in [-0.3, -0.25) is 4.40 Å². The van der Waals surface area contributed by atoms with E-state index >= 15 is 0 Å². The maximum absolute atomic E-state index is 13.6. The zero-order valence-corrected chi connectivity index (χ0v) is 18.4. The maximum atomic E-state index is 13.6. The van der Waals surface area contributed by atoms with Crippen molar-refractivity contribution < 1.29 is 14.2 Å². The summed E-state index contributed by atoms with van der Waals surface area (Å²) in [7, 11) is 0. The third-order valence-corrected chi connectivity index (χ3v) is 6.63. The first-order valence-corrected chi connectivity index (χ1v) is 11.1. The maximum Gasteiger partial charge on any atom is 0.138 e. The SMILES string of the molecule is CC[N+]1(O)CCC(c2ccn3c(-c4ccnc(C)n4)c(-c4ccc(F)cc4)nc3c2)CC1. The molecule has 1 saturated heterocycles. The van der Waals surface area contributed by atoms with E-state index in [2.05, 4.69) is 22.1 Å². The van der Waals surface area contributed by atoms with E-state index in [1.54, 1.807) is 18.3 Å². The van der Waals surface area contributed by atoms with Gasteiger partial charge in [-0.2, -0.15) is 4.65 Å². The van der Waals surface area contributed by atoms with E-state index in [0.717, 1.165) is 60.8 Å². The number of aromatic nitrogens is 4. The van der Waals surface area contributed by atoms with Gasteiger partial charge in [-0.1, -0.05) is 0 Å². The lowest BCUT2D eigenvalue weighted by atomic mass is 9.90. The van der Waals surface area contributed by atoms with Gasteiger partial charge in [0.05, 0.1) is 17.1 Å². The Morgan fingerprint density at radius 2 is 1.84 bits per heavy atom. The highest BCUT2D eigenvalue weighted by atomic mass is 19.1. The number of piperidine rings is 1. The molecule has 32 heavy (non-hydrogen) atoms. The van der Waals surface area contributed by atoms with Crippen molar-refractivity contribution in [2.75, 3.05) is 19.6 Å².